The summed E-state index contributed by atoms with van der Waals surface area (Å²) in [5.74, 6) is 0. The molecule has 0 aromatic heterocycles. The summed E-state index contributed by atoms with van der Waals surface area (Å²) >= 11 is 0. The molecule has 0 saturated carbocycles. The Kier molecular flexibility index (Phi) is 44.3. The first-order chi connectivity index (χ1) is 28.5. The van der Waals surface area contributed by atoms with Gasteiger partial charge < -0.3 is 21.7 Å². The van der Waals surface area contributed by atoms with Gasteiger partial charge in [-0.2, -0.15) is 0 Å². The van der Waals surface area contributed by atoms with E-state index in [1.165, 1.54) is 154 Å². The third kappa shape index (κ3) is 35.5. The third-order valence-corrected chi connectivity index (χ3v) is 11.7. The SMILES string of the molecule is CCCCC/C=C\C/C=C\C(CCCCCCC)N(CC(O)CN)C(CCCCCCCCC)N(CCCCCCCC/C=C/C/C=C\CCCCC)CC(O)CN. The fourth-order valence-electron chi connectivity index (χ4n) is 8.02. The van der Waals surface area contributed by atoms with Crippen molar-refractivity contribution in [2.75, 3.05) is 32.7 Å². The van der Waals surface area contributed by atoms with E-state index < -0.39 is 12.2 Å². The molecule has 0 aliphatic carbocycles. The minimum atomic E-state index is -0.589. The van der Waals surface area contributed by atoms with Gasteiger partial charge in [0, 0.05) is 32.2 Å². The number of unbranched alkanes of at least 4 members (excludes halogenated alkanes) is 22. The molecule has 58 heavy (non-hydrogen) atoms. The van der Waals surface area contributed by atoms with Crippen molar-refractivity contribution in [3.8, 4) is 0 Å². The molecule has 6 nitrogen and oxygen atoms in total. The van der Waals surface area contributed by atoms with E-state index in [9.17, 15) is 10.2 Å². The van der Waals surface area contributed by atoms with Crippen LogP contribution in [0, 0.1) is 0 Å². The first-order valence-electron chi connectivity index (χ1n) is 25.4. The van der Waals surface area contributed by atoms with Gasteiger partial charge in [0.05, 0.1) is 18.4 Å². The van der Waals surface area contributed by atoms with Crippen LogP contribution < -0.4 is 11.5 Å². The molecule has 0 rings (SSSR count). The van der Waals surface area contributed by atoms with Crippen LogP contribution in [-0.4, -0.2) is 77.2 Å². The predicted molar refractivity (Wildman–Crippen MR) is 258 cm³/mol. The van der Waals surface area contributed by atoms with Crippen molar-refractivity contribution in [1.82, 2.24) is 9.80 Å². The molecule has 6 heteroatoms. The third-order valence-electron chi connectivity index (χ3n) is 11.7. The normalized spacial score (nSPS) is 14.7. The Balaban J connectivity index is 5.93. The van der Waals surface area contributed by atoms with Crippen molar-refractivity contribution in [2.24, 2.45) is 11.5 Å². The molecular formula is C52H102N4O2. The van der Waals surface area contributed by atoms with Crippen molar-refractivity contribution in [3.05, 3.63) is 48.6 Å². The van der Waals surface area contributed by atoms with E-state index in [0.717, 1.165) is 51.5 Å². The molecule has 0 radical (unpaired) electrons. The summed E-state index contributed by atoms with van der Waals surface area (Å²) in [5.41, 5.74) is 12.2. The standard InChI is InChI=1S/C52H102N4O2/c1-5-9-13-17-20-22-23-24-25-26-27-28-29-32-36-40-44-55(47-50(57)45-53)52(43-39-35-30-19-15-11-7-3)56(48-51(58)46-54)49(41-37-33-16-12-8-4)42-38-34-31-21-18-14-10-6-2/h20-22,24-25,31,38,42,49-52,57-58H,5-19,23,26-30,32-37,39-41,43-48,53-54H2,1-4H3/b22-20-,25-24+,31-21-,42-38-. The fourth-order valence-corrected chi connectivity index (χ4v) is 8.02. The van der Waals surface area contributed by atoms with E-state index in [4.69, 9.17) is 11.5 Å². The molecule has 0 heterocycles. The van der Waals surface area contributed by atoms with Crippen LogP contribution >= 0.6 is 0 Å². The molecule has 0 aliphatic rings. The lowest BCUT2D eigenvalue weighted by Crippen LogP contribution is -2.57. The molecule has 0 saturated heterocycles. The van der Waals surface area contributed by atoms with E-state index in [-0.39, 0.29) is 25.3 Å². The zero-order valence-corrected chi connectivity index (χ0v) is 39.3. The minimum Gasteiger partial charge on any atom is -0.390 e. The predicted octanol–water partition coefficient (Wildman–Crippen LogP) is 13.3. The molecule has 0 spiro atoms. The number of nitrogens with two attached hydrogens (primary N) is 2. The molecule has 4 atom stereocenters. The average molecular weight is 815 g/mol. The molecule has 4 unspecified atom stereocenters. The molecular weight excluding hydrogens is 713 g/mol. The highest BCUT2D eigenvalue weighted by Gasteiger charge is 2.31. The summed E-state index contributed by atoms with van der Waals surface area (Å²) in [5, 5.41) is 22.3. The van der Waals surface area contributed by atoms with Gasteiger partial charge in [-0.05, 0) is 77.2 Å². The van der Waals surface area contributed by atoms with Crippen LogP contribution in [-0.2, 0) is 0 Å². The summed E-state index contributed by atoms with van der Waals surface area (Å²) in [6.45, 7) is 11.7. The van der Waals surface area contributed by atoms with Crippen molar-refractivity contribution >= 4 is 0 Å². The Morgan fingerprint density at radius 1 is 0.431 bits per heavy atom. The molecule has 0 aliphatic heterocycles. The van der Waals surface area contributed by atoms with Crippen molar-refractivity contribution in [2.45, 2.75) is 251 Å². The number of allylic oxidation sites excluding steroid dienone is 7. The number of nitrogens with zero attached hydrogens (tertiary/aromatic N) is 2. The van der Waals surface area contributed by atoms with Crippen molar-refractivity contribution in [1.29, 1.82) is 0 Å². The van der Waals surface area contributed by atoms with Gasteiger partial charge in [-0.1, -0.05) is 205 Å². The Labute approximate surface area is 362 Å². The highest BCUT2D eigenvalue weighted by atomic mass is 16.3. The minimum absolute atomic E-state index is 0.117. The quantitative estimate of drug-likeness (QED) is 0.0278. The zero-order chi connectivity index (χ0) is 42.6. The molecule has 0 aromatic carbocycles. The smallest absolute Gasteiger partial charge is 0.0789 e. The molecule has 0 aromatic rings. The van der Waals surface area contributed by atoms with E-state index in [1.807, 2.05) is 0 Å². The van der Waals surface area contributed by atoms with Crippen LogP contribution in [0.5, 0.6) is 0 Å². The number of hydrogen-bond acceptors (Lipinski definition) is 6. The summed E-state index contributed by atoms with van der Waals surface area (Å²) < 4.78 is 0. The summed E-state index contributed by atoms with van der Waals surface area (Å²) in [6.07, 6.45) is 55.8. The summed E-state index contributed by atoms with van der Waals surface area (Å²) in [6, 6.07) is 0.208. The summed E-state index contributed by atoms with van der Waals surface area (Å²) in [4.78, 5) is 5.14. The maximum absolute atomic E-state index is 11.2. The second kappa shape index (κ2) is 45.3. The maximum atomic E-state index is 11.2. The van der Waals surface area contributed by atoms with Gasteiger partial charge >= 0.3 is 0 Å². The van der Waals surface area contributed by atoms with Gasteiger partial charge in [0.2, 0.25) is 0 Å². The number of aliphatic hydroxyl groups is 2. The van der Waals surface area contributed by atoms with Crippen molar-refractivity contribution < 1.29 is 10.2 Å². The van der Waals surface area contributed by atoms with Gasteiger partial charge in [-0.3, -0.25) is 9.80 Å². The van der Waals surface area contributed by atoms with Gasteiger partial charge in [-0.25, -0.2) is 0 Å². The lowest BCUT2D eigenvalue weighted by molar-refractivity contribution is -0.0302. The summed E-state index contributed by atoms with van der Waals surface area (Å²) in [7, 11) is 0. The number of aliphatic hydroxyl groups excluding tert-OH is 2. The van der Waals surface area contributed by atoms with Gasteiger partial charge in [0.1, 0.15) is 0 Å². The topological polar surface area (TPSA) is 99.0 Å². The van der Waals surface area contributed by atoms with E-state index in [1.54, 1.807) is 0 Å². The largest absolute Gasteiger partial charge is 0.390 e. The zero-order valence-electron chi connectivity index (χ0n) is 39.3. The Hall–Kier alpha value is -1.28. The molecule has 0 bridgehead atoms. The molecule has 6 N–H and O–H groups in total. The monoisotopic (exact) mass is 815 g/mol. The fraction of sp³-hybridized carbons (Fsp3) is 0.846. The van der Waals surface area contributed by atoms with Crippen LogP contribution in [0.3, 0.4) is 0 Å². The van der Waals surface area contributed by atoms with Crippen molar-refractivity contribution in [3.63, 3.8) is 0 Å². The molecule has 0 amide bonds. The Morgan fingerprint density at radius 2 is 0.828 bits per heavy atom. The lowest BCUT2D eigenvalue weighted by Gasteiger charge is -2.45. The average Bonchev–Trinajstić information content (AvgIpc) is 3.23. The maximum Gasteiger partial charge on any atom is 0.0789 e. The first kappa shape index (κ1) is 56.7. The lowest BCUT2D eigenvalue weighted by atomic mass is 10.00. The Morgan fingerprint density at radius 3 is 1.34 bits per heavy atom. The number of rotatable bonds is 45. The second-order valence-corrected chi connectivity index (χ2v) is 17.3. The molecule has 0 fully saturated rings. The molecule has 342 valence electrons. The van der Waals surface area contributed by atoms with Crippen LogP contribution in [0.25, 0.3) is 0 Å². The van der Waals surface area contributed by atoms with Gasteiger partial charge in [0.25, 0.3) is 0 Å². The van der Waals surface area contributed by atoms with E-state index in [0.29, 0.717) is 13.1 Å². The van der Waals surface area contributed by atoms with Gasteiger partial charge in [0.15, 0.2) is 0 Å². The first-order valence-corrected chi connectivity index (χ1v) is 25.4. The van der Waals surface area contributed by atoms with E-state index >= 15 is 0 Å². The highest BCUT2D eigenvalue weighted by molar-refractivity contribution is 5.01. The van der Waals surface area contributed by atoms with Gasteiger partial charge in [-0.15, -0.1) is 0 Å². The highest BCUT2D eigenvalue weighted by Crippen LogP contribution is 2.25. The Bertz CT molecular complexity index is 936. The van der Waals surface area contributed by atoms with E-state index in [2.05, 4.69) is 86.1 Å². The van der Waals surface area contributed by atoms with Crippen LogP contribution in [0.4, 0.5) is 0 Å². The second-order valence-electron chi connectivity index (χ2n) is 17.3. The van der Waals surface area contributed by atoms with Crippen LogP contribution in [0.15, 0.2) is 48.6 Å². The van der Waals surface area contributed by atoms with Crippen LogP contribution in [0.2, 0.25) is 0 Å². The van der Waals surface area contributed by atoms with Crippen LogP contribution in [0.1, 0.15) is 227 Å². The number of hydrogen-bond donors (Lipinski definition) is 4.